The van der Waals surface area contributed by atoms with Crippen molar-refractivity contribution in [1.82, 2.24) is 0 Å². The van der Waals surface area contributed by atoms with Gasteiger partial charge in [-0.15, -0.1) is 0 Å². The third-order valence-corrected chi connectivity index (χ3v) is 2.43. The van der Waals surface area contributed by atoms with E-state index in [9.17, 15) is 0 Å². The van der Waals surface area contributed by atoms with Gasteiger partial charge in [0.05, 0.1) is 5.69 Å². The Morgan fingerprint density at radius 3 is 2.79 bits per heavy atom. The lowest BCUT2D eigenvalue weighted by atomic mass is 9.88. The lowest BCUT2D eigenvalue weighted by Crippen LogP contribution is -2.08. The maximum Gasteiger partial charge on any atom is 0.0664 e. The summed E-state index contributed by atoms with van der Waals surface area (Å²) in [6.45, 7) is 6.80. The highest BCUT2D eigenvalue weighted by Crippen LogP contribution is 2.28. The first-order valence-electron chi connectivity index (χ1n) is 5.19. The van der Waals surface area contributed by atoms with Crippen LogP contribution in [0.3, 0.4) is 0 Å². The maximum atomic E-state index is 4.36. The molecule has 1 nitrogen and oxygen atoms in total. The molecule has 2 rings (SSSR count). The van der Waals surface area contributed by atoms with Crippen LogP contribution in [-0.2, 0) is 12.8 Å². The topological polar surface area (TPSA) is 12.4 Å². The molecule has 14 heavy (non-hydrogen) atoms. The van der Waals surface area contributed by atoms with Gasteiger partial charge >= 0.3 is 0 Å². The number of hydrogen-bond donors (Lipinski definition) is 0. The molecule has 0 saturated heterocycles. The van der Waals surface area contributed by atoms with Crippen LogP contribution in [0.4, 0.5) is 5.69 Å². The van der Waals surface area contributed by atoms with Gasteiger partial charge in [-0.3, -0.25) is 4.99 Å². The molecule has 1 heteroatoms. The molecule has 0 aliphatic carbocycles. The highest BCUT2D eigenvalue weighted by molar-refractivity contribution is 5.75. The van der Waals surface area contributed by atoms with Gasteiger partial charge in [0.1, 0.15) is 0 Å². The normalized spacial score (nSPS) is 14.5. The highest BCUT2D eigenvalue weighted by atomic mass is 14.7. The second-order valence-electron chi connectivity index (χ2n) is 5.22. The molecule has 0 radical (unpaired) electrons. The first kappa shape index (κ1) is 9.45. The van der Waals surface area contributed by atoms with E-state index >= 15 is 0 Å². The minimum atomic E-state index is 0.358. The average molecular weight is 187 g/mol. The molecule has 0 N–H and O–H groups in total. The van der Waals surface area contributed by atoms with Crippen molar-refractivity contribution >= 4 is 11.9 Å². The maximum absolute atomic E-state index is 4.36. The summed E-state index contributed by atoms with van der Waals surface area (Å²) >= 11 is 0. The van der Waals surface area contributed by atoms with Crippen LogP contribution in [0.5, 0.6) is 0 Å². The molecule has 0 amide bonds. The molecule has 1 aromatic carbocycles. The van der Waals surface area contributed by atoms with Crippen LogP contribution in [-0.4, -0.2) is 6.21 Å². The van der Waals surface area contributed by atoms with Gasteiger partial charge in [0.2, 0.25) is 0 Å². The first-order chi connectivity index (χ1) is 6.54. The number of hydrogen-bond acceptors (Lipinski definition) is 1. The van der Waals surface area contributed by atoms with Crippen LogP contribution in [0.1, 0.15) is 31.9 Å². The molecule has 0 atom stereocenters. The molecule has 0 spiro atoms. The molecular weight excluding hydrogens is 170 g/mol. The average Bonchev–Trinajstić information content (AvgIpc) is 2.47. The van der Waals surface area contributed by atoms with Crippen LogP contribution in [0, 0.1) is 5.41 Å². The van der Waals surface area contributed by atoms with Crippen molar-refractivity contribution in [2.75, 3.05) is 0 Å². The van der Waals surface area contributed by atoms with Crippen LogP contribution < -0.4 is 0 Å². The molecule has 1 aliphatic heterocycles. The van der Waals surface area contributed by atoms with E-state index in [-0.39, 0.29) is 0 Å². The Hall–Kier alpha value is -1.11. The lowest BCUT2D eigenvalue weighted by Gasteiger charge is -2.18. The van der Waals surface area contributed by atoms with Crippen molar-refractivity contribution in [2.24, 2.45) is 10.4 Å². The molecular formula is C13H17N. The zero-order chi connectivity index (χ0) is 10.2. The second-order valence-corrected chi connectivity index (χ2v) is 5.22. The Bertz CT molecular complexity index is 369. The minimum absolute atomic E-state index is 0.358. The fraction of sp³-hybridized carbons (Fsp3) is 0.462. The third-order valence-electron chi connectivity index (χ3n) is 2.43. The van der Waals surface area contributed by atoms with Crippen LogP contribution in [0.25, 0.3) is 0 Å². The van der Waals surface area contributed by atoms with E-state index in [4.69, 9.17) is 0 Å². The summed E-state index contributed by atoms with van der Waals surface area (Å²) in [6.07, 6.45) is 4.12. The summed E-state index contributed by atoms with van der Waals surface area (Å²) in [5, 5.41) is 0. The molecule has 1 aromatic rings. The van der Waals surface area contributed by atoms with Crippen LogP contribution >= 0.6 is 0 Å². The largest absolute Gasteiger partial charge is 0.261 e. The van der Waals surface area contributed by atoms with Gasteiger partial charge in [-0.2, -0.15) is 0 Å². The lowest BCUT2D eigenvalue weighted by molar-refractivity contribution is 0.411. The quantitative estimate of drug-likeness (QED) is 0.637. The predicted octanol–water partition coefficient (Wildman–Crippen LogP) is 3.53. The monoisotopic (exact) mass is 187 g/mol. The smallest absolute Gasteiger partial charge is 0.0664 e. The van der Waals surface area contributed by atoms with E-state index < -0.39 is 0 Å². The summed E-state index contributed by atoms with van der Waals surface area (Å²) in [5.74, 6) is 0. The summed E-state index contributed by atoms with van der Waals surface area (Å²) < 4.78 is 0. The number of aliphatic imine (C=N–C) groups is 1. The van der Waals surface area contributed by atoms with E-state index in [0.717, 1.165) is 12.8 Å². The number of fused-ring (bicyclic) bond motifs is 1. The van der Waals surface area contributed by atoms with E-state index in [2.05, 4.69) is 44.0 Å². The van der Waals surface area contributed by atoms with Gasteiger partial charge in [-0.25, -0.2) is 0 Å². The van der Waals surface area contributed by atoms with E-state index in [0.29, 0.717) is 5.41 Å². The summed E-state index contributed by atoms with van der Waals surface area (Å²) in [4.78, 5) is 4.36. The summed E-state index contributed by atoms with van der Waals surface area (Å²) in [6, 6.07) is 6.67. The molecule has 0 unspecified atom stereocenters. The number of rotatable bonds is 1. The fourth-order valence-corrected chi connectivity index (χ4v) is 1.87. The molecule has 74 valence electrons. The highest BCUT2D eigenvalue weighted by Gasteiger charge is 2.13. The van der Waals surface area contributed by atoms with Crippen molar-refractivity contribution in [3.05, 3.63) is 29.3 Å². The van der Waals surface area contributed by atoms with Gasteiger partial charge in [0, 0.05) is 12.6 Å². The minimum Gasteiger partial charge on any atom is -0.261 e. The van der Waals surface area contributed by atoms with Crippen molar-refractivity contribution < 1.29 is 0 Å². The first-order valence-corrected chi connectivity index (χ1v) is 5.19. The summed E-state index contributed by atoms with van der Waals surface area (Å²) in [5.41, 5.74) is 4.29. The van der Waals surface area contributed by atoms with E-state index in [1.165, 1.54) is 16.8 Å². The predicted molar refractivity (Wildman–Crippen MR) is 61.5 cm³/mol. The third kappa shape index (κ3) is 2.03. The Balaban J connectivity index is 2.25. The zero-order valence-electron chi connectivity index (χ0n) is 9.17. The Kier molecular flexibility index (Phi) is 2.18. The van der Waals surface area contributed by atoms with Gasteiger partial charge < -0.3 is 0 Å². The SMILES string of the molecule is CC(C)(C)Cc1ccc2c(c1)N=CC2. The van der Waals surface area contributed by atoms with Crippen molar-refractivity contribution in [3.63, 3.8) is 0 Å². The van der Waals surface area contributed by atoms with Crippen LogP contribution in [0.15, 0.2) is 23.2 Å². The molecule has 0 aromatic heterocycles. The van der Waals surface area contributed by atoms with Crippen molar-refractivity contribution in [1.29, 1.82) is 0 Å². The van der Waals surface area contributed by atoms with Gasteiger partial charge in [-0.1, -0.05) is 32.9 Å². The number of nitrogens with zero attached hydrogens (tertiary/aromatic N) is 1. The standard InChI is InChI=1S/C13H17N/c1-13(2,3)9-10-4-5-11-6-7-14-12(11)8-10/h4-5,7-8H,6,9H2,1-3H3. The van der Waals surface area contributed by atoms with Crippen LogP contribution in [0.2, 0.25) is 0 Å². The molecule has 0 saturated carbocycles. The molecule has 0 bridgehead atoms. The second kappa shape index (κ2) is 3.23. The Morgan fingerprint density at radius 1 is 1.29 bits per heavy atom. The zero-order valence-corrected chi connectivity index (χ0v) is 9.17. The molecule has 0 fully saturated rings. The Labute approximate surface area is 85.9 Å². The Morgan fingerprint density at radius 2 is 2.07 bits per heavy atom. The van der Waals surface area contributed by atoms with Gasteiger partial charge in [0.25, 0.3) is 0 Å². The van der Waals surface area contributed by atoms with Crippen molar-refractivity contribution in [2.45, 2.75) is 33.6 Å². The summed E-state index contributed by atoms with van der Waals surface area (Å²) in [7, 11) is 0. The molecule has 1 heterocycles. The molecule has 1 aliphatic rings. The van der Waals surface area contributed by atoms with E-state index in [1.807, 2.05) is 6.21 Å². The van der Waals surface area contributed by atoms with Gasteiger partial charge in [0.15, 0.2) is 0 Å². The fourth-order valence-electron chi connectivity index (χ4n) is 1.87. The van der Waals surface area contributed by atoms with Crippen molar-refractivity contribution in [3.8, 4) is 0 Å². The van der Waals surface area contributed by atoms with E-state index in [1.54, 1.807) is 0 Å². The number of benzene rings is 1. The van der Waals surface area contributed by atoms with Gasteiger partial charge in [-0.05, 0) is 29.0 Å².